The van der Waals surface area contributed by atoms with Gasteiger partial charge in [0.15, 0.2) is 6.23 Å². The predicted molar refractivity (Wildman–Crippen MR) is 86.4 cm³/mol. The van der Waals surface area contributed by atoms with E-state index in [1.54, 1.807) is 48.5 Å². The average molecular weight is 313 g/mol. The van der Waals surface area contributed by atoms with Gasteiger partial charge in [0.2, 0.25) is 0 Å². The smallest absolute Gasteiger partial charge is 0.340 e. The van der Waals surface area contributed by atoms with Crippen LogP contribution in [0.2, 0.25) is 0 Å². The molecular formula is C18H19NO4. The van der Waals surface area contributed by atoms with Crippen molar-refractivity contribution in [2.45, 2.75) is 19.6 Å². The van der Waals surface area contributed by atoms with Gasteiger partial charge in [-0.25, -0.2) is 4.79 Å². The number of hydrogen-bond acceptors (Lipinski definition) is 4. The number of amides is 1. The first-order valence-electron chi connectivity index (χ1n) is 7.35. The zero-order valence-electron chi connectivity index (χ0n) is 13.1. The maximum Gasteiger partial charge on any atom is 0.340 e. The summed E-state index contributed by atoms with van der Waals surface area (Å²) in [5.41, 5.74) is 0.835. The lowest BCUT2D eigenvalue weighted by atomic mass is 10.2. The zero-order valence-corrected chi connectivity index (χ0v) is 13.1. The Balaban J connectivity index is 2.04. The largest absolute Gasteiger partial charge is 0.496 e. The van der Waals surface area contributed by atoms with Crippen LogP contribution < -0.4 is 10.1 Å². The molecule has 0 bridgehead atoms. The average Bonchev–Trinajstić information content (AvgIpc) is 2.61. The number of nitrogens with one attached hydrogen (secondary N) is 1. The van der Waals surface area contributed by atoms with Crippen LogP contribution in [0.3, 0.4) is 0 Å². The van der Waals surface area contributed by atoms with Crippen molar-refractivity contribution >= 4 is 11.9 Å². The number of esters is 1. The van der Waals surface area contributed by atoms with Crippen molar-refractivity contribution in [3.63, 3.8) is 0 Å². The summed E-state index contributed by atoms with van der Waals surface area (Å²) in [5.74, 6) is -0.359. The monoisotopic (exact) mass is 313 g/mol. The molecule has 120 valence electrons. The first kappa shape index (κ1) is 16.5. The summed E-state index contributed by atoms with van der Waals surface area (Å²) in [4.78, 5) is 24.4. The maximum absolute atomic E-state index is 12.3. The van der Waals surface area contributed by atoms with E-state index in [1.807, 2.05) is 13.0 Å². The van der Waals surface area contributed by atoms with E-state index in [1.165, 1.54) is 7.11 Å². The molecule has 2 aromatic rings. The third kappa shape index (κ3) is 4.32. The first-order chi connectivity index (χ1) is 11.2. The van der Waals surface area contributed by atoms with Crippen LogP contribution in [0.4, 0.5) is 0 Å². The van der Waals surface area contributed by atoms with Crippen LogP contribution in [-0.4, -0.2) is 25.2 Å². The molecule has 0 fully saturated rings. The number of methoxy groups -OCH3 is 1. The van der Waals surface area contributed by atoms with Crippen LogP contribution in [0.15, 0.2) is 54.6 Å². The van der Waals surface area contributed by atoms with Gasteiger partial charge < -0.3 is 14.8 Å². The molecule has 0 radical (unpaired) electrons. The van der Waals surface area contributed by atoms with Crippen LogP contribution in [0.5, 0.6) is 5.75 Å². The Labute approximate surface area is 135 Å². The van der Waals surface area contributed by atoms with Crippen LogP contribution >= 0.6 is 0 Å². The molecule has 0 saturated heterocycles. The minimum Gasteiger partial charge on any atom is -0.496 e. The number of ether oxygens (including phenoxy) is 2. The number of carbonyl (C=O) groups is 2. The van der Waals surface area contributed by atoms with Gasteiger partial charge in [-0.2, -0.15) is 0 Å². The Bertz CT molecular complexity index is 670. The standard InChI is InChI=1S/C18H19NO4/c1-3-16(23-18(21)13-9-5-4-6-10-13)19-17(20)14-11-7-8-12-15(14)22-2/h4-12,16H,3H2,1-2H3,(H,19,20)/t16-/m0/s1. The minimum atomic E-state index is -0.708. The molecule has 2 aromatic carbocycles. The van der Waals surface area contributed by atoms with Crippen molar-refractivity contribution in [3.05, 3.63) is 65.7 Å². The molecule has 1 N–H and O–H groups in total. The number of para-hydroxylation sites is 1. The second-order valence-corrected chi connectivity index (χ2v) is 4.84. The highest BCUT2D eigenvalue weighted by molar-refractivity contribution is 5.97. The summed E-state index contributed by atoms with van der Waals surface area (Å²) in [6.45, 7) is 1.82. The van der Waals surface area contributed by atoms with Gasteiger partial charge in [-0.1, -0.05) is 37.3 Å². The molecule has 0 unspecified atom stereocenters. The van der Waals surface area contributed by atoms with Gasteiger partial charge in [0.05, 0.1) is 18.2 Å². The predicted octanol–water partition coefficient (Wildman–Crippen LogP) is 3.02. The van der Waals surface area contributed by atoms with Crippen molar-refractivity contribution in [1.29, 1.82) is 0 Å². The Kier molecular flexibility index (Phi) is 5.74. The van der Waals surface area contributed by atoms with E-state index in [2.05, 4.69) is 5.32 Å². The lowest BCUT2D eigenvalue weighted by Gasteiger charge is -2.18. The summed E-state index contributed by atoms with van der Waals surface area (Å²) in [6.07, 6.45) is -0.250. The Morgan fingerprint density at radius 2 is 1.70 bits per heavy atom. The summed E-state index contributed by atoms with van der Waals surface area (Å²) in [7, 11) is 1.50. The SMILES string of the molecule is CC[C@@H](NC(=O)c1ccccc1OC)OC(=O)c1ccccc1. The molecule has 1 amide bonds. The molecule has 0 spiro atoms. The third-order valence-corrected chi connectivity index (χ3v) is 3.27. The molecule has 5 nitrogen and oxygen atoms in total. The fraction of sp³-hybridized carbons (Fsp3) is 0.222. The molecule has 0 aliphatic carbocycles. The van der Waals surface area contributed by atoms with Gasteiger partial charge in [-0.15, -0.1) is 0 Å². The van der Waals surface area contributed by atoms with Gasteiger partial charge in [0.1, 0.15) is 5.75 Å². The minimum absolute atomic E-state index is 0.352. The summed E-state index contributed by atoms with van der Waals surface area (Å²) in [5, 5.41) is 2.70. The van der Waals surface area contributed by atoms with E-state index in [-0.39, 0.29) is 5.91 Å². The first-order valence-corrected chi connectivity index (χ1v) is 7.35. The van der Waals surface area contributed by atoms with E-state index in [9.17, 15) is 9.59 Å². The molecule has 2 rings (SSSR count). The molecule has 0 aliphatic heterocycles. The van der Waals surface area contributed by atoms with Crippen LogP contribution in [0.25, 0.3) is 0 Å². The Hall–Kier alpha value is -2.82. The van der Waals surface area contributed by atoms with Crippen LogP contribution in [0, 0.1) is 0 Å². The van der Waals surface area contributed by atoms with Gasteiger partial charge >= 0.3 is 5.97 Å². The van der Waals surface area contributed by atoms with Gasteiger partial charge in [-0.05, 0) is 24.3 Å². The van der Waals surface area contributed by atoms with E-state index >= 15 is 0 Å². The summed E-state index contributed by atoms with van der Waals surface area (Å²) >= 11 is 0. The van der Waals surface area contributed by atoms with Crippen LogP contribution in [-0.2, 0) is 4.74 Å². The number of benzene rings is 2. The van der Waals surface area contributed by atoms with Crippen molar-refractivity contribution in [3.8, 4) is 5.75 Å². The third-order valence-electron chi connectivity index (χ3n) is 3.27. The molecule has 0 aliphatic rings. The van der Waals surface area contributed by atoms with E-state index in [4.69, 9.17) is 9.47 Å². The van der Waals surface area contributed by atoms with Crippen molar-refractivity contribution in [1.82, 2.24) is 5.32 Å². The molecule has 23 heavy (non-hydrogen) atoms. The second-order valence-electron chi connectivity index (χ2n) is 4.84. The van der Waals surface area contributed by atoms with Gasteiger partial charge in [0.25, 0.3) is 5.91 Å². The molecule has 1 atom stereocenters. The van der Waals surface area contributed by atoms with Gasteiger partial charge in [0, 0.05) is 6.42 Å². The molecule has 0 saturated carbocycles. The van der Waals surface area contributed by atoms with E-state index in [0.717, 1.165) is 0 Å². The number of rotatable bonds is 6. The van der Waals surface area contributed by atoms with Gasteiger partial charge in [-0.3, -0.25) is 4.79 Å². The van der Waals surface area contributed by atoms with Crippen LogP contribution in [0.1, 0.15) is 34.1 Å². The Morgan fingerprint density at radius 3 is 2.35 bits per heavy atom. The lowest BCUT2D eigenvalue weighted by molar-refractivity contribution is 0.0206. The zero-order chi connectivity index (χ0) is 16.7. The molecular weight excluding hydrogens is 294 g/mol. The molecule has 0 heterocycles. The summed E-state index contributed by atoms with van der Waals surface area (Å²) < 4.78 is 10.5. The van der Waals surface area contributed by atoms with Crippen molar-refractivity contribution < 1.29 is 19.1 Å². The fourth-order valence-corrected chi connectivity index (χ4v) is 2.04. The lowest BCUT2D eigenvalue weighted by Crippen LogP contribution is -2.38. The molecule has 0 aromatic heterocycles. The number of carbonyl (C=O) groups excluding carboxylic acids is 2. The second kappa shape index (κ2) is 7.98. The summed E-state index contributed by atoms with van der Waals surface area (Å²) in [6, 6.07) is 15.5. The quantitative estimate of drug-likeness (QED) is 0.657. The van der Waals surface area contributed by atoms with E-state index in [0.29, 0.717) is 23.3 Å². The normalized spacial score (nSPS) is 11.4. The highest BCUT2D eigenvalue weighted by Gasteiger charge is 2.19. The topological polar surface area (TPSA) is 64.6 Å². The number of hydrogen-bond donors (Lipinski definition) is 1. The molecule has 5 heteroatoms. The highest BCUT2D eigenvalue weighted by atomic mass is 16.6. The van der Waals surface area contributed by atoms with Crippen molar-refractivity contribution in [2.75, 3.05) is 7.11 Å². The van der Waals surface area contributed by atoms with Crippen molar-refractivity contribution in [2.24, 2.45) is 0 Å². The fourth-order valence-electron chi connectivity index (χ4n) is 2.04. The highest BCUT2D eigenvalue weighted by Crippen LogP contribution is 2.17. The maximum atomic E-state index is 12.3. The Morgan fingerprint density at radius 1 is 1.04 bits per heavy atom. The van der Waals surface area contributed by atoms with E-state index < -0.39 is 12.2 Å².